The predicted molar refractivity (Wildman–Crippen MR) is 90.5 cm³/mol. The molecule has 0 atom stereocenters. The number of nitrogens with zero attached hydrogens (tertiary/aromatic N) is 2. The zero-order valence-electron chi connectivity index (χ0n) is 13.9. The largest absolute Gasteiger partial charge is 0.418 e. The number of carbonyl (C=O) groups is 1. The van der Waals surface area contributed by atoms with Crippen LogP contribution in [0.1, 0.15) is 16.7 Å². The number of rotatable bonds is 2. The second-order valence-electron chi connectivity index (χ2n) is 6.18. The van der Waals surface area contributed by atoms with Gasteiger partial charge < -0.3 is 15.1 Å². The van der Waals surface area contributed by atoms with Gasteiger partial charge in [0.25, 0.3) is 0 Å². The van der Waals surface area contributed by atoms with Crippen LogP contribution in [0.4, 0.5) is 29.3 Å². The quantitative estimate of drug-likeness (QED) is 0.876. The Balaban J connectivity index is 1.82. The summed E-state index contributed by atoms with van der Waals surface area (Å²) >= 11 is 0. The summed E-state index contributed by atoms with van der Waals surface area (Å²) in [6.45, 7) is 0.776. The smallest absolute Gasteiger partial charge is 0.378 e. The standard InChI is InChI=1S/C18H18F3N3O/c1-23(2)14-7-8-16(15(9-14)18(19,20)21)22-17(25)24-10-12-5-3-4-6-13(12)11-24/h3-9H,10-11H2,1-2H3,(H,22,25). The highest BCUT2D eigenvalue weighted by Gasteiger charge is 2.35. The summed E-state index contributed by atoms with van der Waals surface area (Å²) in [6.07, 6.45) is -4.55. The number of hydrogen-bond donors (Lipinski definition) is 1. The van der Waals surface area contributed by atoms with Crippen LogP contribution in [-0.2, 0) is 19.3 Å². The van der Waals surface area contributed by atoms with Gasteiger partial charge in [-0.3, -0.25) is 0 Å². The number of nitrogens with one attached hydrogen (secondary N) is 1. The lowest BCUT2D eigenvalue weighted by Crippen LogP contribution is -2.31. The van der Waals surface area contributed by atoms with E-state index in [9.17, 15) is 18.0 Å². The fourth-order valence-electron chi connectivity index (χ4n) is 2.82. The van der Waals surface area contributed by atoms with Crippen LogP contribution < -0.4 is 10.2 Å². The monoisotopic (exact) mass is 349 g/mol. The number of hydrogen-bond acceptors (Lipinski definition) is 2. The van der Waals surface area contributed by atoms with Crippen LogP contribution in [0.2, 0.25) is 0 Å². The number of amides is 2. The number of benzene rings is 2. The van der Waals surface area contributed by atoms with Crippen LogP contribution >= 0.6 is 0 Å². The van der Waals surface area contributed by atoms with Crippen molar-refractivity contribution in [1.82, 2.24) is 4.90 Å². The Kier molecular flexibility index (Phi) is 4.32. The third-order valence-corrected chi connectivity index (χ3v) is 4.19. The van der Waals surface area contributed by atoms with Crippen molar-refractivity contribution in [1.29, 1.82) is 0 Å². The Bertz CT molecular complexity index is 777. The molecule has 0 spiro atoms. The first-order chi connectivity index (χ1) is 11.8. The van der Waals surface area contributed by atoms with Crippen molar-refractivity contribution < 1.29 is 18.0 Å². The van der Waals surface area contributed by atoms with Gasteiger partial charge in [-0.2, -0.15) is 13.2 Å². The van der Waals surface area contributed by atoms with Crippen molar-refractivity contribution in [3.05, 3.63) is 59.2 Å². The normalized spacial score (nSPS) is 13.6. The fraction of sp³-hybridized carbons (Fsp3) is 0.278. The molecule has 1 heterocycles. The topological polar surface area (TPSA) is 35.6 Å². The molecule has 1 N–H and O–H groups in total. The van der Waals surface area contributed by atoms with E-state index in [0.717, 1.165) is 17.2 Å². The molecule has 1 aliphatic rings. The Labute approximate surface area is 143 Å². The van der Waals surface area contributed by atoms with Gasteiger partial charge >= 0.3 is 12.2 Å². The zero-order valence-corrected chi connectivity index (χ0v) is 13.9. The van der Waals surface area contributed by atoms with E-state index in [-0.39, 0.29) is 5.69 Å². The Morgan fingerprint density at radius 1 is 1.08 bits per heavy atom. The number of urea groups is 1. The third kappa shape index (κ3) is 3.55. The van der Waals surface area contributed by atoms with E-state index < -0.39 is 17.8 Å². The molecule has 0 aromatic heterocycles. The molecular weight excluding hydrogens is 331 g/mol. The van der Waals surface area contributed by atoms with E-state index >= 15 is 0 Å². The summed E-state index contributed by atoms with van der Waals surface area (Å²) in [5, 5.41) is 2.41. The van der Waals surface area contributed by atoms with E-state index in [0.29, 0.717) is 18.8 Å². The number of anilines is 2. The van der Waals surface area contributed by atoms with E-state index in [1.165, 1.54) is 11.0 Å². The highest BCUT2D eigenvalue weighted by atomic mass is 19.4. The van der Waals surface area contributed by atoms with Crippen LogP contribution in [0.5, 0.6) is 0 Å². The highest BCUT2D eigenvalue weighted by Crippen LogP contribution is 2.37. The van der Waals surface area contributed by atoms with Gasteiger partial charge in [0.2, 0.25) is 0 Å². The van der Waals surface area contributed by atoms with Gasteiger partial charge in [0.15, 0.2) is 0 Å². The molecule has 25 heavy (non-hydrogen) atoms. The number of carbonyl (C=O) groups excluding carboxylic acids is 1. The van der Waals surface area contributed by atoms with Gasteiger partial charge in [-0.15, -0.1) is 0 Å². The molecule has 2 amide bonds. The second-order valence-corrected chi connectivity index (χ2v) is 6.18. The maximum absolute atomic E-state index is 13.4. The molecule has 0 bridgehead atoms. The third-order valence-electron chi connectivity index (χ3n) is 4.19. The molecule has 132 valence electrons. The summed E-state index contributed by atoms with van der Waals surface area (Å²) in [5.74, 6) is 0. The Morgan fingerprint density at radius 2 is 1.68 bits per heavy atom. The van der Waals surface area contributed by atoms with Crippen molar-refractivity contribution in [2.45, 2.75) is 19.3 Å². The van der Waals surface area contributed by atoms with Crippen molar-refractivity contribution in [3.8, 4) is 0 Å². The first kappa shape index (κ1) is 17.1. The molecule has 1 aliphatic heterocycles. The number of fused-ring (bicyclic) bond motifs is 1. The van der Waals surface area contributed by atoms with Gasteiger partial charge in [-0.25, -0.2) is 4.79 Å². The minimum absolute atomic E-state index is 0.237. The van der Waals surface area contributed by atoms with Crippen LogP contribution in [0.15, 0.2) is 42.5 Å². The van der Waals surface area contributed by atoms with Gasteiger partial charge in [0.1, 0.15) is 0 Å². The first-order valence-electron chi connectivity index (χ1n) is 7.77. The summed E-state index contributed by atoms with van der Waals surface area (Å²) in [4.78, 5) is 15.5. The lowest BCUT2D eigenvalue weighted by Gasteiger charge is -2.21. The zero-order chi connectivity index (χ0) is 18.2. The molecule has 2 aromatic carbocycles. The van der Waals surface area contributed by atoms with Crippen LogP contribution in [0.3, 0.4) is 0 Å². The van der Waals surface area contributed by atoms with Crippen molar-refractivity contribution in [2.75, 3.05) is 24.3 Å². The minimum atomic E-state index is -4.55. The summed E-state index contributed by atoms with van der Waals surface area (Å²) in [6, 6.07) is 10.9. The lowest BCUT2D eigenvalue weighted by molar-refractivity contribution is -0.136. The molecule has 0 fully saturated rings. The maximum atomic E-state index is 13.4. The van der Waals surface area contributed by atoms with Crippen molar-refractivity contribution in [2.24, 2.45) is 0 Å². The SMILES string of the molecule is CN(C)c1ccc(NC(=O)N2Cc3ccccc3C2)c(C(F)(F)F)c1. The molecule has 4 nitrogen and oxygen atoms in total. The van der Waals surface area contributed by atoms with Crippen LogP contribution in [0.25, 0.3) is 0 Å². The summed E-state index contributed by atoms with van der Waals surface area (Å²) in [7, 11) is 3.32. The van der Waals surface area contributed by atoms with Gasteiger partial charge in [-0.1, -0.05) is 24.3 Å². The first-order valence-corrected chi connectivity index (χ1v) is 7.77. The highest BCUT2D eigenvalue weighted by molar-refractivity contribution is 5.91. The maximum Gasteiger partial charge on any atom is 0.418 e. The van der Waals surface area contributed by atoms with Crippen molar-refractivity contribution >= 4 is 17.4 Å². The predicted octanol–water partition coefficient (Wildman–Crippen LogP) is 4.32. The molecule has 0 unspecified atom stereocenters. The molecular formula is C18H18F3N3O. The Morgan fingerprint density at radius 3 is 2.20 bits per heavy atom. The van der Waals surface area contributed by atoms with Gasteiger partial charge in [-0.05, 0) is 29.3 Å². The fourth-order valence-corrected chi connectivity index (χ4v) is 2.82. The average molecular weight is 349 g/mol. The van der Waals surface area contributed by atoms with Gasteiger partial charge in [0, 0.05) is 32.9 Å². The minimum Gasteiger partial charge on any atom is -0.378 e. The van der Waals surface area contributed by atoms with E-state index in [1.807, 2.05) is 24.3 Å². The lowest BCUT2D eigenvalue weighted by atomic mass is 10.1. The molecule has 0 aliphatic carbocycles. The van der Waals surface area contributed by atoms with Crippen molar-refractivity contribution in [3.63, 3.8) is 0 Å². The number of halogens is 3. The van der Waals surface area contributed by atoms with E-state index in [1.54, 1.807) is 25.1 Å². The second kappa shape index (κ2) is 6.31. The number of alkyl halides is 3. The summed E-state index contributed by atoms with van der Waals surface area (Å²) in [5.41, 5.74) is 1.34. The molecule has 3 rings (SSSR count). The van der Waals surface area contributed by atoms with E-state index in [2.05, 4.69) is 5.32 Å². The molecule has 0 saturated carbocycles. The van der Waals surface area contributed by atoms with Crippen LogP contribution in [0, 0.1) is 0 Å². The average Bonchev–Trinajstić information content (AvgIpc) is 2.98. The summed E-state index contributed by atoms with van der Waals surface area (Å²) < 4.78 is 40.1. The molecule has 0 radical (unpaired) electrons. The van der Waals surface area contributed by atoms with Crippen LogP contribution in [-0.4, -0.2) is 25.0 Å². The molecule has 0 saturated heterocycles. The Hall–Kier alpha value is -2.70. The van der Waals surface area contributed by atoms with Gasteiger partial charge in [0.05, 0.1) is 11.3 Å². The van der Waals surface area contributed by atoms with E-state index in [4.69, 9.17) is 0 Å². The molecule has 2 aromatic rings. The molecule has 7 heteroatoms.